The first kappa shape index (κ1) is 7.79. The van der Waals surface area contributed by atoms with Crippen LogP contribution in [0.1, 0.15) is 12.5 Å². The fraction of sp³-hybridized carbons (Fsp3) is 0.222. The molecule has 1 aromatic carbocycles. The van der Waals surface area contributed by atoms with Crippen LogP contribution in [0.4, 0.5) is 0 Å². The third-order valence-corrected chi connectivity index (χ3v) is 1.52. The molecular formula is C9H10O2. The summed E-state index contributed by atoms with van der Waals surface area (Å²) in [5, 5.41) is 0. The number of benzene rings is 1. The number of rotatable bonds is 3. The predicted octanol–water partition coefficient (Wildman–Crippen LogP) is 1.78. The van der Waals surface area contributed by atoms with Crippen molar-refractivity contribution in [1.29, 1.82) is 0 Å². The molecule has 0 heterocycles. The maximum Gasteiger partial charge on any atom is 0.298 e. The van der Waals surface area contributed by atoms with E-state index in [1.165, 1.54) is 5.56 Å². The molecule has 0 saturated heterocycles. The van der Waals surface area contributed by atoms with Gasteiger partial charge in [0, 0.05) is 0 Å². The van der Waals surface area contributed by atoms with Gasteiger partial charge in [-0.1, -0.05) is 19.1 Å². The van der Waals surface area contributed by atoms with Crippen LogP contribution in [-0.4, -0.2) is 6.47 Å². The molecule has 2 heteroatoms. The second-order valence-corrected chi connectivity index (χ2v) is 2.21. The molecule has 0 atom stereocenters. The molecule has 2 nitrogen and oxygen atoms in total. The van der Waals surface area contributed by atoms with E-state index in [4.69, 9.17) is 0 Å². The molecule has 0 aliphatic rings. The van der Waals surface area contributed by atoms with Gasteiger partial charge in [-0.2, -0.15) is 0 Å². The van der Waals surface area contributed by atoms with Crippen LogP contribution in [0.3, 0.4) is 0 Å². The van der Waals surface area contributed by atoms with Gasteiger partial charge in [0.1, 0.15) is 5.75 Å². The Bertz CT molecular complexity index is 226. The molecule has 0 aliphatic heterocycles. The maximum atomic E-state index is 9.91. The Balaban J connectivity index is 2.74. The second kappa shape index (κ2) is 3.76. The Labute approximate surface area is 65.8 Å². The van der Waals surface area contributed by atoms with Crippen LogP contribution in [0.5, 0.6) is 5.75 Å². The molecule has 0 aliphatic carbocycles. The van der Waals surface area contributed by atoms with Crippen molar-refractivity contribution in [2.75, 3.05) is 0 Å². The van der Waals surface area contributed by atoms with E-state index in [1.807, 2.05) is 12.1 Å². The van der Waals surface area contributed by atoms with Crippen molar-refractivity contribution in [2.24, 2.45) is 0 Å². The minimum absolute atomic E-state index is 0.432. The quantitative estimate of drug-likeness (QED) is 0.614. The summed E-state index contributed by atoms with van der Waals surface area (Å²) >= 11 is 0. The zero-order valence-corrected chi connectivity index (χ0v) is 6.41. The van der Waals surface area contributed by atoms with E-state index < -0.39 is 0 Å². The van der Waals surface area contributed by atoms with Crippen LogP contribution in [0.2, 0.25) is 0 Å². The Morgan fingerprint density at radius 2 is 2.00 bits per heavy atom. The molecule has 0 spiro atoms. The third kappa shape index (κ3) is 2.08. The minimum Gasteiger partial charge on any atom is -0.429 e. The van der Waals surface area contributed by atoms with Gasteiger partial charge >= 0.3 is 0 Å². The monoisotopic (exact) mass is 150 g/mol. The van der Waals surface area contributed by atoms with E-state index in [9.17, 15) is 4.79 Å². The van der Waals surface area contributed by atoms with Crippen molar-refractivity contribution in [3.63, 3.8) is 0 Å². The van der Waals surface area contributed by atoms with E-state index in [0.29, 0.717) is 12.2 Å². The van der Waals surface area contributed by atoms with Gasteiger partial charge in [0.25, 0.3) is 6.47 Å². The Morgan fingerprint density at radius 3 is 2.45 bits per heavy atom. The fourth-order valence-corrected chi connectivity index (χ4v) is 0.859. The summed E-state index contributed by atoms with van der Waals surface area (Å²) in [5.41, 5.74) is 1.24. The highest BCUT2D eigenvalue weighted by Crippen LogP contribution is 2.11. The molecule has 0 bridgehead atoms. The lowest BCUT2D eigenvalue weighted by Gasteiger charge is -1.98. The van der Waals surface area contributed by atoms with Crippen molar-refractivity contribution in [3.8, 4) is 5.75 Å². The first-order valence-corrected chi connectivity index (χ1v) is 3.56. The summed E-state index contributed by atoms with van der Waals surface area (Å²) in [4.78, 5) is 9.91. The van der Waals surface area contributed by atoms with Crippen LogP contribution in [-0.2, 0) is 11.2 Å². The first-order valence-electron chi connectivity index (χ1n) is 3.56. The highest BCUT2D eigenvalue weighted by Gasteiger charge is 1.91. The molecule has 1 rings (SSSR count). The predicted molar refractivity (Wildman–Crippen MR) is 42.5 cm³/mol. The van der Waals surface area contributed by atoms with Crippen molar-refractivity contribution >= 4 is 6.47 Å². The number of hydrogen-bond acceptors (Lipinski definition) is 2. The summed E-state index contributed by atoms with van der Waals surface area (Å²) in [5.74, 6) is 0.595. The summed E-state index contributed by atoms with van der Waals surface area (Å²) in [6, 6.07) is 7.46. The zero-order valence-electron chi connectivity index (χ0n) is 6.41. The van der Waals surface area contributed by atoms with Crippen LogP contribution in [0.25, 0.3) is 0 Å². The largest absolute Gasteiger partial charge is 0.429 e. The van der Waals surface area contributed by atoms with E-state index in [-0.39, 0.29) is 0 Å². The van der Waals surface area contributed by atoms with Crippen molar-refractivity contribution in [1.82, 2.24) is 0 Å². The molecule has 0 fully saturated rings. The van der Waals surface area contributed by atoms with Gasteiger partial charge < -0.3 is 4.74 Å². The zero-order chi connectivity index (χ0) is 8.10. The molecule has 0 saturated carbocycles. The molecule has 58 valence electrons. The Hall–Kier alpha value is -1.31. The van der Waals surface area contributed by atoms with E-state index in [1.54, 1.807) is 12.1 Å². The molecule has 1 aromatic rings. The van der Waals surface area contributed by atoms with Crippen LogP contribution < -0.4 is 4.74 Å². The van der Waals surface area contributed by atoms with E-state index in [0.717, 1.165) is 6.42 Å². The summed E-state index contributed by atoms with van der Waals surface area (Å²) in [7, 11) is 0. The van der Waals surface area contributed by atoms with Gasteiger partial charge in [0.05, 0.1) is 0 Å². The van der Waals surface area contributed by atoms with Gasteiger partial charge in [-0.15, -0.1) is 0 Å². The highest BCUT2D eigenvalue weighted by atomic mass is 16.5. The molecule has 11 heavy (non-hydrogen) atoms. The fourth-order valence-electron chi connectivity index (χ4n) is 0.859. The van der Waals surface area contributed by atoms with Crippen LogP contribution in [0, 0.1) is 0 Å². The number of carbonyl (C=O) groups excluding carboxylic acids is 1. The number of hydrogen-bond donors (Lipinski definition) is 0. The standard InChI is InChI=1S/C9H10O2/c1-2-8-3-5-9(6-4-8)11-7-10/h3-7H,2H2,1H3. The summed E-state index contributed by atoms with van der Waals surface area (Å²) < 4.78 is 4.62. The summed E-state index contributed by atoms with van der Waals surface area (Å²) in [6.07, 6.45) is 1.00. The first-order chi connectivity index (χ1) is 5.36. The SMILES string of the molecule is CCc1ccc(OC=O)cc1. The maximum absolute atomic E-state index is 9.91. The molecule has 0 N–H and O–H groups in total. The lowest BCUT2D eigenvalue weighted by atomic mass is 10.2. The van der Waals surface area contributed by atoms with Crippen molar-refractivity contribution in [2.45, 2.75) is 13.3 Å². The lowest BCUT2D eigenvalue weighted by molar-refractivity contribution is -0.120. The topological polar surface area (TPSA) is 26.3 Å². The van der Waals surface area contributed by atoms with E-state index >= 15 is 0 Å². The Morgan fingerprint density at radius 1 is 1.36 bits per heavy atom. The number of ether oxygens (including phenoxy) is 1. The number of aryl methyl sites for hydroxylation is 1. The van der Waals surface area contributed by atoms with Crippen LogP contribution in [0.15, 0.2) is 24.3 Å². The van der Waals surface area contributed by atoms with Crippen molar-refractivity contribution in [3.05, 3.63) is 29.8 Å². The van der Waals surface area contributed by atoms with E-state index in [2.05, 4.69) is 11.7 Å². The third-order valence-electron chi connectivity index (χ3n) is 1.52. The van der Waals surface area contributed by atoms with Crippen molar-refractivity contribution < 1.29 is 9.53 Å². The molecule has 0 radical (unpaired) electrons. The van der Waals surface area contributed by atoms with Gasteiger partial charge in [-0.3, -0.25) is 4.79 Å². The highest BCUT2D eigenvalue weighted by molar-refractivity contribution is 5.45. The summed E-state index contributed by atoms with van der Waals surface area (Å²) in [6.45, 7) is 2.51. The average Bonchev–Trinajstić information content (AvgIpc) is 2.07. The molecule has 0 aromatic heterocycles. The minimum atomic E-state index is 0.432. The van der Waals surface area contributed by atoms with Gasteiger partial charge in [-0.25, -0.2) is 0 Å². The molecule has 0 amide bonds. The van der Waals surface area contributed by atoms with Gasteiger partial charge in [0.15, 0.2) is 0 Å². The smallest absolute Gasteiger partial charge is 0.298 e. The molecule has 0 unspecified atom stereocenters. The lowest BCUT2D eigenvalue weighted by Crippen LogP contribution is -1.88. The van der Waals surface area contributed by atoms with Gasteiger partial charge in [-0.05, 0) is 24.1 Å². The van der Waals surface area contributed by atoms with Gasteiger partial charge in [0.2, 0.25) is 0 Å². The molecular weight excluding hydrogens is 140 g/mol. The van der Waals surface area contributed by atoms with Crippen LogP contribution >= 0.6 is 0 Å². The average molecular weight is 150 g/mol. The second-order valence-electron chi connectivity index (χ2n) is 2.21. The Kier molecular flexibility index (Phi) is 2.66. The normalized spacial score (nSPS) is 9.18. The number of carbonyl (C=O) groups is 1.